The Morgan fingerprint density at radius 1 is 0.371 bits per heavy atom. The van der Waals surface area contributed by atoms with Gasteiger partial charge in [-0.3, -0.25) is 4.57 Å². The summed E-state index contributed by atoms with van der Waals surface area (Å²) in [4.78, 5) is 5.60. The summed E-state index contributed by atoms with van der Waals surface area (Å²) in [5.74, 6) is 1.07. The van der Waals surface area contributed by atoms with E-state index in [0.717, 1.165) is 28.1 Å². The summed E-state index contributed by atoms with van der Waals surface area (Å²) in [5, 5.41) is 2.48. The second kappa shape index (κ2) is 12.0. The first kappa shape index (κ1) is 34.0. The van der Waals surface area contributed by atoms with Crippen LogP contribution in [0.1, 0.15) is 47.5 Å². The number of fused-ring (bicyclic) bond motifs is 18. The summed E-state index contributed by atoms with van der Waals surface area (Å²) < 4.78 is 4.83. The molecule has 0 atom stereocenters. The number of benzene rings is 9. The lowest BCUT2D eigenvalue weighted by Gasteiger charge is -2.27. The SMILES string of the molecule is CC1(C)c2ccccc2-c2ccc(-c3ccc(-n4c5ccccc5c5cc(-c6ccc7c(c6)nc6n7-c7ccccc7C67c6ccccc6-c6ccccc67)ccc54)cc3)cc21. The van der Waals surface area contributed by atoms with Gasteiger partial charge in [0.1, 0.15) is 11.2 Å². The summed E-state index contributed by atoms with van der Waals surface area (Å²) in [6.07, 6.45) is 0. The zero-order valence-electron chi connectivity index (χ0n) is 34.4. The van der Waals surface area contributed by atoms with Crippen molar-refractivity contribution in [2.75, 3.05) is 0 Å². The molecule has 1 spiro atoms. The molecule has 2 aliphatic carbocycles. The highest BCUT2D eigenvalue weighted by atomic mass is 15.1. The molecule has 3 heterocycles. The molecule has 14 rings (SSSR count). The van der Waals surface area contributed by atoms with Crippen LogP contribution in [0.2, 0.25) is 0 Å². The van der Waals surface area contributed by atoms with Crippen molar-refractivity contribution in [1.29, 1.82) is 0 Å². The van der Waals surface area contributed by atoms with Gasteiger partial charge in [-0.05, 0) is 127 Å². The minimum Gasteiger partial charge on any atom is -0.309 e. The Labute approximate surface area is 359 Å². The molecule has 0 radical (unpaired) electrons. The van der Waals surface area contributed by atoms with Crippen molar-refractivity contribution in [3.05, 3.63) is 234 Å². The van der Waals surface area contributed by atoms with Gasteiger partial charge in [0.15, 0.2) is 0 Å². The Morgan fingerprint density at radius 3 is 1.66 bits per heavy atom. The lowest BCUT2D eigenvalue weighted by Crippen LogP contribution is -2.27. The van der Waals surface area contributed by atoms with Crippen molar-refractivity contribution < 1.29 is 0 Å². The highest BCUT2D eigenvalue weighted by Gasteiger charge is 2.54. The third kappa shape index (κ3) is 4.22. The second-order valence-corrected chi connectivity index (χ2v) is 17.9. The van der Waals surface area contributed by atoms with Crippen LogP contribution in [0.15, 0.2) is 200 Å². The van der Waals surface area contributed by atoms with Crippen LogP contribution in [0.5, 0.6) is 0 Å². The molecule has 0 unspecified atom stereocenters. The van der Waals surface area contributed by atoms with Gasteiger partial charge < -0.3 is 4.57 Å². The molecule has 0 saturated heterocycles. The van der Waals surface area contributed by atoms with Gasteiger partial charge in [0.25, 0.3) is 0 Å². The minimum absolute atomic E-state index is 0.0292. The molecule has 11 aromatic rings. The molecular weight excluding hydrogens is 751 g/mol. The molecule has 0 bridgehead atoms. The van der Waals surface area contributed by atoms with Crippen molar-refractivity contribution in [3.63, 3.8) is 0 Å². The van der Waals surface area contributed by atoms with Crippen LogP contribution in [0.4, 0.5) is 0 Å². The van der Waals surface area contributed by atoms with Crippen LogP contribution in [0, 0.1) is 0 Å². The molecular formula is C59H39N3. The zero-order chi connectivity index (χ0) is 40.9. The summed E-state index contributed by atoms with van der Waals surface area (Å²) in [6, 6.07) is 74.3. The molecule has 0 saturated carbocycles. The fourth-order valence-electron chi connectivity index (χ4n) is 11.7. The molecule has 0 amide bonds. The second-order valence-electron chi connectivity index (χ2n) is 17.9. The average Bonchev–Trinajstić information content (AvgIpc) is 4.08. The maximum atomic E-state index is 5.60. The van der Waals surface area contributed by atoms with E-state index in [9.17, 15) is 0 Å². The molecule has 3 nitrogen and oxygen atoms in total. The van der Waals surface area contributed by atoms with E-state index in [0.29, 0.717) is 0 Å². The number of imidazole rings is 1. The molecule has 1 aliphatic heterocycles. The first-order chi connectivity index (χ1) is 30.5. The van der Waals surface area contributed by atoms with E-state index in [4.69, 9.17) is 4.98 Å². The van der Waals surface area contributed by atoms with Gasteiger partial charge in [0.05, 0.1) is 27.8 Å². The topological polar surface area (TPSA) is 22.8 Å². The van der Waals surface area contributed by atoms with E-state index in [1.165, 1.54) is 94.3 Å². The molecule has 2 aromatic heterocycles. The Kier molecular flexibility index (Phi) is 6.56. The zero-order valence-corrected chi connectivity index (χ0v) is 34.4. The van der Waals surface area contributed by atoms with Crippen LogP contribution in [-0.2, 0) is 10.8 Å². The standard InChI is InChI=1S/C59H39N3/c1-58(2)47-17-7-3-13-41(47)44-30-25-38(34-51(44)58)36-23-28-40(29-24-36)61-53-21-11-6-16-45(53)46-33-37(26-31-54(46)61)39-27-32-56-52(35-39)60-57-59(50-20-10-12-22-55(50)62(56)57)48-18-8-4-14-42(48)43-15-5-9-19-49(43)59/h3-35H,1-2H3. The Balaban J connectivity index is 0.870. The number of nitrogens with zero attached hydrogens (tertiary/aromatic N) is 3. The lowest BCUT2D eigenvalue weighted by molar-refractivity contribution is 0.660. The van der Waals surface area contributed by atoms with E-state index in [-0.39, 0.29) is 5.41 Å². The predicted octanol–water partition coefficient (Wildman–Crippen LogP) is 14.4. The van der Waals surface area contributed by atoms with Gasteiger partial charge in [0, 0.05) is 21.9 Å². The summed E-state index contributed by atoms with van der Waals surface area (Å²) in [6.45, 7) is 4.70. The van der Waals surface area contributed by atoms with Crippen molar-refractivity contribution in [2.45, 2.75) is 24.7 Å². The van der Waals surface area contributed by atoms with Crippen molar-refractivity contribution in [2.24, 2.45) is 0 Å². The summed E-state index contributed by atoms with van der Waals surface area (Å²) >= 11 is 0. The molecule has 0 fully saturated rings. The van der Waals surface area contributed by atoms with E-state index in [1.807, 2.05) is 0 Å². The number of hydrogen-bond donors (Lipinski definition) is 0. The number of aromatic nitrogens is 3. The van der Waals surface area contributed by atoms with Gasteiger partial charge in [-0.15, -0.1) is 0 Å². The third-order valence-electron chi connectivity index (χ3n) is 14.5. The number of hydrogen-bond acceptors (Lipinski definition) is 1. The monoisotopic (exact) mass is 789 g/mol. The van der Waals surface area contributed by atoms with Crippen LogP contribution >= 0.6 is 0 Å². The lowest BCUT2D eigenvalue weighted by atomic mass is 9.73. The Bertz CT molecular complexity index is 3680. The largest absolute Gasteiger partial charge is 0.309 e. The van der Waals surface area contributed by atoms with Crippen molar-refractivity contribution in [3.8, 4) is 55.9 Å². The third-order valence-corrected chi connectivity index (χ3v) is 14.5. The Hall–Kier alpha value is -7.75. The number of para-hydroxylation sites is 2. The maximum Gasteiger partial charge on any atom is 0.134 e. The van der Waals surface area contributed by atoms with Crippen LogP contribution in [-0.4, -0.2) is 14.1 Å². The smallest absolute Gasteiger partial charge is 0.134 e. The van der Waals surface area contributed by atoms with E-state index in [2.05, 4.69) is 223 Å². The molecule has 290 valence electrons. The quantitative estimate of drug-likeness (QED) is 0.175. The Morgan fingerprint density at radius 2 is 0.903 bits per heavy atom. The van der Waals surface area contributed by atoms with Crippen LogP contribution in [0.3, 0.4) is 0 Å². The summed E-state index contributed by atoms with van der Waals surface area (Å²) in [5.41, 5.74) is 23.2. The van der Waals surface area contributed by atoms with Crippen LogP contribution in [0.25, 0.3) is 88.7 Å². The van der Waals surface area contributed by atoms with Gasteiger partial charge in [0.2, 0.25) is 0 Å². The van der Waals surface area contributed by atoms with Gasteiger partial charge in [-0.1, -0.05) is 159 Å². The fourth-order valence-corrected chi connectivity index (χ4v) is 11.7. The molecule has 62 heavy (non-hydrogen) atoms. The maximum absolute atomic E-state index is 5.60. The van der Waals surface area contributed by atoms with E-state index < -0.39 is 5.41 Å². The first-order valence-corrected chi connectivity index (χ1v) is 21.7. The highest BCUT2D eigenvalue weighted by Crippen LogP contribution is 2.60. The first-order valence-electron chi connectivity index (χ1n) is 21.7. The van der Waals surface area contributed by atoms with Crippen LogP contribution < -0.4 is 0 Å². The van der Waals surface area contributed by atoms with Crippen molar-refractivity contribution >= 4 is 32.8 Å². The molecule has 3 heteroatoms. The van der Waals surface area contributed by atoms with E-state index >= 15 is 0 Å². The van der Waals surface area contributed by atoms with Gasteiger partial charge in [-0.2, -0.15) is 0 Å². The minimum atomic E-state index is -0.480. The van der Waals surface area contributed by atoms with Crippen molar-refractivity contribution in [1.82, 2.24) is 14.1 Å². The summed E-state index contributed by atoms with van der Waals surface area (Å²) in [7, 11) is 0. The van der Waals surface area contributed by atoms with Gasteiger partial charge >= 0.3 is 0 Å². The predicted molar refractivity (Wildman–Crippen MR) is 255 cm³/mol. The highest BCUT2D eigenvalue weighted by molar-refractivity contribution is 6.10. The average molecular weight is 790 g/mol. The molecule has 9 aromatic carbocycles. The molecule has 3 aliphatic rings. The number of rotatable bonds is 3. The van der Waals surface area contributed by atoms with Gasteiger partial charge in [-0.25, -0.2) is 4.98 Å². The normalized spacial score (nSPS) is 14.5. The fraction of sp³-hybridized carbons (Fsp3) is 0.0678. The van der Waals surface area contributed by atoms with E-state index in [1.54, 1.807) is 0 Å². The molecule has 0 N–H and O–H groups in total.